The second kappa shape index (κ2) is 5.85. The Balaban J connectivity index is 2.88. The maximum atomic E-state index is 13.4. The number of benzene rings is 1. The zero-order chi connectivity index (χ0) is 16.5. The maximum Gasteiger partial charge on any atom is 0.510 e. The van der Waals surface area contributed by atoms with Gasteiger partial charge >= 0.3 is 6.98 Å². The Morgan fingerprint density at radius 2 is 2.05 bits per heavy atom. The Morgan fingerprint density at radius 3 is 2.59 bits per heavy atom. The molecule has 0 bridgehead atoms. The van der Waals surface area contributed by atoms with Gasteiger partial charge in [0, 0.05) is 0 Å². The van der Waals surface area contributed by atoms with Crippen LogP contribution in [0.2, 0.25) is 0 Å². The maximum absolute atomic E-state index is 13.4. The van der Waals surface area contributed by atoms with Crippen LogP contribution in [-0.2, 0) is 0 Å². The highest BCUT2D eigenvalue weighted by Gasteiger charge is 2.30. The summed E-state index contributed by atoms with van der Waals surface area (Å²) >= 11 is 0.983. The predicted molar refractivity (Wildman–Crippen MR) is 75.5 cm³/mol. The molecule has 1 aromatic heterocycles. The van der Waals surface area contributed by atoms with E-state index in [2.05, 4.69) is 9.97 Å². The van der Waals surface area contributed by atoms with E-state index in [0.717, 1.165) is 11.8 Å². The first-order valence-corrected chi connectivity index (χ1v) is 7.08. The van der Waals surface area contributed by atoms with Gasteiger partial charge in [0.2, 0.25) is 0 Å². The van der Waals surface area contributed by atoms with Crippen molar-refractivity contribution in [2.45, 2.75) is 5.16 Å². The van der Waals surface area contributed by atoms with Crippen LogP contribution in [0.4, 0.5) is 17.3 Å². The summed E-state index contributed by atoms with van der Waals surface area (Å²) in [7, 11) is 0. The van der Waals surface area contributed by atoms with Gasteiger partial charge in [0.25, 0.3) is 5.56 Å². The van der Waals surface area contributed by atoms with Gasteiger partial charge in [-0.3, -0.25) is 4.79 Å². The van der Waals surface area contributed by atoms with Crippen LogP contribution in [0.1, 0.15) is 5.56 Å². The number of aromatic nitrogens is 2. The minimum absolute atomic E-state index is 0.0314. The fourth-order valence-electron chi connectivity index (χ4n) is 1.87. The molecule has 2 rings (SSSR count). The van der Waals surface area contributed by atoms with Crippen molar-refractivity contribution in [2.24, 2.45) is 0 Å². The monoisotopic (exact) mass is 328 g/mol. The second-order valence-electron chi connectivity index (χ2n) is 4.22. The highest BCUT2D eigenvalue weighted by atomic mass is 32.2. The number of nitrogens with one attached hydrogen (secondary N) is 1. The molecule has 4 nitrogen and oxygen atoms in total. The lowest BCUT2D eigenvalue weighted by Gasteiger charge is -2.19. The molecule has 0 amide bonds. The van der Waals surface area contributed by atoms with E-state index < -0.39 is 40.6 Å². The van der Waals surface area contributed by atoms with Crippen LogP contribution in [0, 0.1) is 17.1 Å². The lowest BCUT2D eigenvalue weighted by atomic mass is 9.75. The van der Waals surface area contributed by atoms with Gasteiger partial charge in [-0.25, -0.2) is 9.37 Å². The van der Waals surface area contributed by atoms with Crippen molar-refractivity contribution in [3.63, 3.8) is 0 Å². The Hall–Kier alpha value is -2.28. The Kier molecular flexibility index (Phi) is 4.28. The Labute approximate surface area is 126 Å². The fraction of sp³-hybridized carbons (Fsp3) is 0.0833. The number of hydrogen-bond acceptors (Lipinski definition) is 4. The molecule has 0 unspecified atom stereocenters. The molecule has 0 saturated heterocycles. The summed E-state index contributed by atoms with van der Waals surface area (Å²) in [5.74, 6) is -0.921. The van der Waals surface area contributed by atoms with Crippen LogP contribution in [0.25, 0.3) is 11.3 Å². The molecule has 0 aliphatic rings. The molecule has 0 aliphatic carbocycles. The number of rotatable bonds is 3. The van der Waals surface area contributed by atoms with E-state index in [1.807, 2.05) is 0 Å². The molecule has 1 heterocycles. The molecule has 1 aromatic carbocycles. The van der Waals surface area contributed by atoms with Gasteiger partial charge in [-0.05, 0) is 24.0 Å². The molecular weight excluding hydrogens is 321 g/mol. The molecule has 0 radical (unpaired) electrons. The van der Waals surface area contributed by atoms with E-state index in [4.69, 9.17) is 5.26 Å². The molecule has 0 atom stereocenters. The van der Waals surface area contributed by atoms with E-state index in [-0.39, 0.29) is 5.16 Å². The third kappa shape index (κ3) is 2.99. The number of nitrogens with zero attached hydrogens (tertiary/aromatic N) is 2. The molecule has 10 heteroatoms. The molecular formula is C12H7BF4N3OS-. The summed E-state index contributed by atoms with van der Waals surface area (Å²) in [6.45, 7) is -5.46. The number of halogens is 4. The first kappa shape index (κ1) is 16.1. The van der Waals surface area contributed by atoms with Crippen molar-refractivity contribution in [3.8, 4) is 17.3 Å². The third-order valence-corrected chi connectivity index (χ3v) is 3.41. The summed E-state index contributed by atoms with van der Waals surface area (Å²) < 4.78 is 52.7. The van der Waals surface area contributed by atoms with Gasteiger partial charge in [-0.2, -0.15) is 5.26 Å². The van der Waals surface area contributed by atoms with Crippen molar-refractivity contribution in [1.82, 2.24) is 9.97 Å². The first-order chi connectivity index (χ1) is 10.3. The van der Waals surface area contributed by atoms with Crippen molar-refractivity contribution in [1.29, 1.82) is 5.26 Å². The van der Waals surface area contributed by atoms with E-state index in [1.165, 1.54) is 6.07 Å². The van der Waals surface area contributed by atoms with E-state index in [1.54, 1.807) is 6.26 Å². The van der Waals surface area contributed by atoms with Gasteiger partial charge in [-0.15, -0.1) is 0 Å². The summed E-state index contributed by atoms with van der Waals surface area (Å²) in [6, 6.07) is 3.38. The van der Waals surface area contributed by atoms with Crippen LogP contribution in [-0.4, -0.2) is 23.2 Å². The Bertz CT molecular complexity index is 829. The number of aromatic amines is 1. The summed E-state index contributed by atoms with van der Waals surface area (Å²) in [6.07, 6.45) is 1.55. The van der Waals surface area contributed by atoms with Crippen molar-refractivity contribution in [2.75, 3.05) is 6.26 Å². The molecule has 0 aliphatic heterocycles. The van der Waals surface area contributed by atoms with Gasteiger partial charge in [-0.1, -0.05) is 23.3 Å². The largest absolute Gasteiger partial charge is 0.510 e. The van der Waals surface area contributed by atoms with Gasteiger partial charge in [0.1, 0.15) is 17.4 Å². The quantitative estimate of drug-likeness (QED) is 0.406. The minimum atomic E-state index is -5.46. The Morgan fingerprint density at radius 1 is 1.36 bits per heavy atom. The highest BCUT2D eigenvalue weighted by Crippen LogP contribution is 2.24. The van der Waals surface area contributed by atoms with E-state index in [9.17, 15) is 22.1 Å². The molecule has 0 spiro atoms. The molecule has 0 fully saturated rings. The lowest BCUT2D eigenvalue weighted by molar-refractivity contribution is 0.501. The molecule has 2 aromatic rings. The lowest BCUT2D eigenvalue weighted by Crippen LogP contribution is -2.36. The third-order valence-electron chi connectivity index (χ3n) is 2.83. The standard InChI is InChI=1S/C12H7BF4N3OS/c1-22-12-19-10(8(5-18)11(21)20-12)7-4-6(14)2-3-9(7)13(15,16)17/h2-4H,1H3,(H,19,20,21)/q-1. The smallest absolute Gasteiger partial charge is 0.445 e. The zero-order valence-electron chi connectivity index (χ0n) is 11.0. The number of H-pyrrole nitrogens is 1. The number of nitriles is 1. The second-order valence-corrected chi connectivity index (χ2v) is 5.01. The summed E-state index contributed by atoms with van der Waals surface area (Å²) in [5.41, 5.74) is -3.68. The average molecular weight is 328 g/mol. The molecule has 1 N–H and O–H groups in total. The van der Waals surface area contributed by atoms with Crippen molar-refractivity contribution >= 4 is 24.2 Å². The molecule has 22 heavy (non-hydrogen) atoms. The normalized spacial score (nSPS) is 11.3. The fourth-order valence-corrected chi connectivity index (χ4v) is 2.24. The minimum Gasteiger partial charge on any atom is -0.445 e. The first-order valence-electron chi connectivity index (χ1n) is 5.86. The van der Waals surface area contributed by atoms with Crippen LogP contribution in [0.3, 0.4) is 0 Å². The average Bonchev–Trinajstić information content (AvgIpc) is 2.44. The predicted octanol–water partition coefficient (Wildman–Crippen LogP) is 2.22. The van der Waals surface area contributed by atoms with Crippen LogP contribution >= 0.6 is 11.8 Å². The van der Waals surface area contributed by atoms with Gasteiger partial charge in [0.15, 0.2) is 5.16 Å². The van der Waals surface area contributed by atoms with Crippen LogP contribution < -0.4 is 11.0 Å². The highest BCUT2D eigenvalue weighted by molar-refractivity contribution is 7.98. The van der Waals surface area contributed by atoms with Crippen molar-refractivity contribution < 1.29 is 17.3 Å². The summed E-state index contributed by atoms with van der Waals surface area (Å²) in [4.78, 5) is 17.9. The van der Waals surface area contributed by atoms with E-state index >= 15 is 0 Å². The summed E-state index contributed by atoms with van der Waals surface area (Å²) in [5, 5.41) is 9.03. The molecule has 0 saturated carbocycles. The zero-order valence-corrected chi connectivity index (χ0v) is 11.8. The van der Waals surface area contributed by atoms with Crippen LogP contribution in [0.15, 0.2) is 28.2 Å². The SMILES string of the molecule is CSc1nc(-c2cc(F)ccc2[B-](F)(F)F)c(C#N)c(=O)[nH]1. The molecule has 114 valence electrons. The van der Waals surface area contributed by atoms with E-state index in [0.29, 0.717) is 18.2 Å². The topological polar surface area (TPSA) is 69.5 Å². The van der Waals surface area contributed by atoms with Crippen molar-refractivity contribution in [3.05, 3.63) is 39.9 Å². The van der Waals surface area contributed by atoms with Crippen LogP contribution in [0.5, 0.6) is 0 Å². The number of thioether (sulfide) groups is 1. The number of hydrogen-bond donors (Lipinski definition) is 1. The van der Waals surface area contributed by atoms with Gasteiger partial charge < -0.3 is 17.9 Å². The van der Waals surface area contributed by atoms with Gasteiger partial charge in [0.05, 0.1) is 5.69 Å².